The van der Waals surface area contributed by atoms with Crippen molar-refractivity contribution in [2.24, 2.45) is 0 Å². The van der Waals surface area contributed by atoms with Crippen molar-refractivity contribution in [1.29, 1.82) is 0 Å². The first kappa shape index (κ1) is 15.2. The summed E-state index contributed by atoms with van der Waals surface area (Å²) < 4.78 is 5.72. The Kier molecular flexibility index (Phi) is 4.55. The molecule has 1 aliphatic carbocycles. The molecule has 0 aliphatic heterocycles. The molecule has 2 aromatic rings. The minimum atomic E-state index is -0.0660. The predicted molar refractivity (Wildman–Crippen MR) is 87.7 cm³/mol. The van der Waals surface area contributed by atoms with Crippen LogP contribution in [-0.4, -0.2) is 11.9 Å². The maximum Gasteiger partial charge on any atom is 0.251 e. The van der Waals surface area contributed by atoms with Gasteiger partial charge in [-0.1, -0.05) is 35.3 Å². The Labute approximate surface area is 139 Å². The summed E-state index contributed by atoms with van der Waals surface area (Å²) in [6.45, 7) is 0.256. The molecule has 1 amide bonds. The summed E-state index contributed by atoms with van der Waals surface area (Å²) in [5.41, 5.74) is 1.33. The Morgan fingerprint density at radius 2 is 1.82 bits per heavy atom. The van der Waals surface area contributed by atoms with Gasteiger partial charge >= 0.3 is 0 Å². The lowest BCUT2D eigenvalue weighted by Gasteiger charge is -2.10. The van der Waals surface area contributed by atoms with E-state index in [0.29, 0.717) is 27.4 Å². The van der Waals surface area contributed by atoms with E-state index in [-0.39, 0.29) is 12.5 Å². The van der Waals surface area contributed by atoms with Crippen molar-refractivity contribution in [2.75, 3.05) is 0 Å². The first-order chi connectivity index (χ1) is 10.6. The summed E-state index contributed by atoms with van der Waals surface area (Å²) in [6, 6.07) is 12.8. The largest absolute Gasteiger partial charge is 0.489 e. The van der Waals surface area contributed by atoms with E-state index in [1.807, 2.05) is 0 Å². The third-order valence-corrected chi connectivity index (χ3v) is 4.16. The van der Waals surface area contributed by atoms with Crippen molar-refractivity contribution >= 4 is 29.1 Å². The Morgan fingerprint density at radius 1 is 1.14 bits per heavy atom. The maximum absolute atomic E-state index is 12.0. The van der Waals surface area contributed by atoms with Crippen LogP contribution < -0.4 is 10.1 Å². The van der Waals surface area contributed by atoms with Crippen LogP contribution in [0.5, 0.6) is 5.75 Å². The summed E-state index contributed by atoms with van der Waals surface area (Å²) in [6.07, 6.45) is 2.12. The van der Waals surface area contributed by atoms with Gasteiger partial charge in [-0.3, -0.25) is 4.79 Å². The molecule has 1 N–H and O–H groups in total. The highest BCUT2D eigenvalue weighted by atomic mass is 35.5. The lowest BCUT2D eigenvalue weighted by Crippen LogP contribution is -2.25. The number of amides is 1. The number of hydrogen-bond acceptors (Lipinski definition) is 2. The first-order valence-electron chi connectivity index (χ1n) is 7.10. The fourth-order valence-corrected chi connectivity index (χ4v) is 2.56. The number of carbonyl (C=O) groups excluding carboxylic acids is 1. The lowest BCUT2D eigenvalue weighted by atomic mass is 10.2. The van der Waals surface area contributed by atoms with Gasteiger partial charge < -0.3 is 10.1 Å². The molecule has 5 heteroatoms. The van der Waals surface area contributed by atoms with E-state index in [1.165, 1.54) is 0 Å². The summed E-state index contributed by atoms with van der Waals surface area (Å²) in [4.78, 5) is 12.0. The highest BCUT2D eigenvalue weighted by Crippen LogP contribution is 2.26. The molecule has 114 valence electrons. The quantitative estimate of drug-likeness (QED) is 0.875. The molecule has 1 aliphatic rings. The van der Waals surface area contributed by atoms with E-state index >= 15 is 0 Å². The average Bonchev–Trinajstić information content (AvgIpc) is 3.31. The highest BCUT2D eigenvalue weighted by molar-refractivity contribution is 6.35. The molecule has 0 heterocycles. The Hall–Kier alpha value is -1.71. The molecular formula is C17H15Cl2NO2. The molecule has 0 saturated heterocycles. The summed E-state index contributed by atoms with van der Waals surface area (Å²) >= 11 is 12.2. The van der Waals surface area contributed by atoms with Crippen molar-refractivity contribution in [3.05, 3.63) is 63.6 Å². The number of benzene rings is 2. The van der Waals surface area contributed by atoms with Crippen molar-refractivity contribution < 1.29 is 9.53 Å². The molecule has 1 saturated carbocycles. The molecule has 0 aromatic heterocycles. The number of hydrogen-bond donors (Lipinski definition) is 1. The molecule has 0 bridgehead atoms. The molecule has 0 radical (unpaired) electrons. The average molecular weight is 336 g/mol. The zero-order chi connectivity index (χ0) is 15.5. The molecule has 3 nitrogen and oxygen atoms in total. The van der Waals surface area contributed by atoms with E-state index in [9.17, 15) is 4.79 Å². The van der Waals surface area contributed by atoms with Crippen LogP contribution >= 0.6 is 23.2 Å². The second-order valence-corrected chi connectivity index (χ2v) is 6.08. The van der Waals surface area contributed by atoms with Crippen LogP contribution in [0.25, 0.3) is 0 Å². The second kappa shape index (κ2) is 6.59. The minimum absolute atomic E-state index is 0.0660. The van der Waals surface area contributed by atoms with Gasteiger partial charge in [-0.25, -0.2) is 0 Å². The van der Waals surface area contributed by atoms with E-state index in [1.54, 1.807) is 42.5 Å². The maximum atomic E-state index is 12.0. The number of rotatable bonds is 5. The van der Waals surface area contributed by atoms with Gasteiger partial charge in [0.1, 0.15) is 12.4 Å². The van der Waals surface area contributed by atoms with Gasteiger partial charge in [0.25, 0.3) is 5.91 Å². The van der Waals surface area contributed by atoms with Gasteiger partial charge in [-0.2, -0.15) is 0 Å². The fourth-order valence-electron chi connectivity index (χ4n) is 2.05. The van der Waals surface area contributed by atoms with Crippen LogP contribution in [0.1, 0.15) is 28.8 Å². The molecule has 22 heavy (non-hydrogen) atoms. The van der Waals surface area contributed by atoms with Crippen molar-refractivity contribution in [2.45, 2.75) is 25.5 Å². The van der Waals surface area contributed by atoms with Crippen LogP contribution in [0, 0.1) is 0 Å². The zero-order valence-electron chi connectivity index (χ0n) is 11.8. The van der Waals surface area contributed by atoms with Gasteiger partial charge in [0.2, 0.25) is 0 Å². The Morgan fingerprint density at radius 3 is 2.50 bits per heavy atom. The van der Waals surface area contributed by atoms with Crippen LogP contribution in [0.3, 0.4) is 0 Å². The monoisotopic (exact) mass is 335 g/mol. The molecule has 0 unspecified atom stereocenters. The van der Waals surface area contributed by atoms with Gasteiger partial charge in [0, 0.05) is 27.2 Å². The van der Waals surface area contributed by atoms with Crippen LogP contribution in [0.2, 0.25) is 10.0 Å². The van der Waals surface area contributed by atoms with Crippen LogP contribution in [0.15, 0.2) is 42.5 Å². The van der Waals surface area contributed by atoms with Crippen LogP contribution in [-0.2, 0) is 6.61 Å². The normalized spacial score (nSPS) is 13.7. The third kappa shape index (κ3) is 3.73. The van der Waals surface area contributed by atoms with Gasteiger partial charge in [0.15, 0.2) is 0 Å². The number of carbonyl (C=O) groups is 1. The first-order valence-corrected chi connectivity index (χ1v) is 7.85. The second-order valence-electron chi connectivity index (χ2n) is 5.26. The Balaban J connectivity index is 1.68. The zero-order valence-corrected chi connectivity index (χ0v) is 13.3. The van der Waals surface area contributed by atoms with E-state index in [0.717, 1.165) is 18.4 Å². The Bertz CT molecular complexity index is 679. The smallest absolute Gasteiger partial charge is 0.251 e. The highest BCUT2D eigenvalue weighted by Gasteiger charge is 2.23. The number of ether oxygens (including phenoxy) is 1. The van der Waals surface area contributed by atoms with Gasteiger partial charge in [0.05, 0.1) is 0 Å². The fraction of sp³-hybridized carbons (Fsp3) is 0.235. The molecule has 3 rings (SSSR count). The number of halogens is 2. The molecule has 1 fully saturated rings. The van der Waals surface area contributed by atoms with E-state index in [4.69, 9.17) is 27.9 Å². The number of nitrogens with one attached hydrogen (secondary N) is 1. The topological polar surface area (TPSA) is 38.3 Å². The van der Waals surface area contributed by atoms with Gasteiger partial charge in [-0.15, -0.1) is 0 Å². The van der Waals surface area contributed by atoms with Crippen LogP contribution in [0.4, 0.5) is 0 Å². The molecular weight excluding hydrogens is 321 g/mol. The summed E-state index contributed by atoms with van der Waals surface area (Å²) in [5, 5.41) is 4.08. The third-order valence-electron chi connectivity index (χ3n) is 3.45. The van der Waals surface area contributed by atoms with Crippen molar-refractivity contribution in [1.82, 2.24) is 5.32 Å². The summed E-state index contributed by atoms with van der Waals surface area (Å²) in [7, 11) is 0. The predicted octanol–water partition coefficient (Wildman–Crippen LogP) is 4.46. The van der Waals surface area contributed by atoms with Crippen molar-refractivity contribution in [3.63, 3.8) is 0 Å². The SMILES string of the molecule is O=C(NC1CC1)c1cccc(OCc2c(Cl)cccc2Cl)c1. The standard InChI is InChI=1S/C17H15Cl2NO2/c18-15-5-2-6-16(19)14(15)10-22-13-4-1-3-11(9-13)17(21)20-12-7-8-12/h1-6,9,12H,7-8,10H2,(H,20,21). The molecule has 0 spiro atoms. The van der Waals surface area contributed by atoms with E-state index < -0.39 is 0 Å². The minimum Gasteiger partial charge on any atom is -0.489 e. The summed E-state index contributed by atoms with van der Waals surface area (Å²) in [5.74, 6) is 0.545. The van der Waals surface area contributed by atoms with Gasteiger partial charge in [-0.05, 0) is 43.2 Å². The van der Waals surface area contributed by atoms with Crippen molar-refractivity contribution in [3.8, 4) is 5.75 Å². The molecule has 2 aromatic carbocycles. The molecule has 0 atom stereocenters. The lowest BCUT2D eigenvalue weighted by molar-refractivity contribution is 0.0950. The van der Waals surface area contributed by atoms with E-state index in [2.05, 4.69) is 5.32 Å².